The van der Waals surface area contributed by atoms with Gasteiger partial charge in [0.05, 0.1) is 18.8 Å². The van der Waals surface area contributed by atoms with Crippen LogP contribution in [0.1, 0.15) is 18.4 Å². The molecule has 2 aliphatic rings. The van der Waals surface area contributed by atoms with Gasteiger partial charge in [-0.15, -0.1) is 21.4 Å². The molecule has 0 spiro atoms. The van der Waals surface area contributed by atoms with Crippen molar-refractivity contribution < 1.29 is 9.84 Å². The second-order valence-corrected chi connectivity index (χ2v) is 11.5. The van der Waals surface area contributed by atoms with Crippen LogP contribution < -0.4 is 4.74 Å². The van der Waals surface area contributed by atoms with Crippen LogP contribution in [0.25, 0.3) is 0 Å². The van der Waals surface area contributed by atoms with Crippen molar-refractivity contribution in [3.8, 4) is 5.75 Å². The number of piperidine rings is 1. The minimum absolute atomic E-state index is 0.0274. The van der Waals surface area contributed by atoms with E-state index in [0.29, 0.717) is 5.25 Å². The van der Waals surface area contributed by atoms with Crippen LogP contribution in [0.4, 0.5) is 0 Å². The fourth-order valence-corrected chi connectivity index (χ4v) is 9.37. The van der Waals surface area contributed by atoms with Crippen LogP contribution in [0.5, 0.6) is 5.75 Å². The number of hydrogen-bond acceptors (Lipinski definition) is 6. The monoisotopic (exact) mass is 417 g/mol. The molecule has 2 aliphatic heterocycles. The molecule has 5 nitrogen and oxygen atoms in total. The molecule has 1 aromatic carbocycles. The van der Waals surface area contributed by atoms with E-state index in [0.717, 1.165) is 54.0 Å². The highest BCUT2D eigenvalue weighted by molar-refractivity contribution is 8.49. The predicted octanol–water partition coefficient (Wildman–Crippen LogP) is 3.90. The molecule has 0 radical (unpaired) electrons. The minimum atomic E-state index is -1.40. The molecule has 1 atom stereocenters. The zero-order chi connectivity index (χ0) is 19.4. The number of benzene rings is 1. The average Bonchev–Trinajstić information content (AvgIpc) is 3.43. The molecule has 0 amide bonds. The van der Waals surface area contributed by atoms with Crippen LogP contribution in [0, 0.1) is 0 Å². The van der Waals surface area contributed by atoms with Gasteiger partial charge in [0.2, 0.25) is 0 Å². The molecule has 0 saturated carbocycles. The fourth-order valence-electron chi connectivity index (χ4n) is 4.09. The molecule has 4 rings (SSSR count). The van der Waals surface area contributed by atoms with Gasteiger partial charge in [0.25, 0.3) is 0 Å². The number of hydrogen-bond donors (Lipinski definition) is 1. The van der Waals surface area contributed by atoms with Crippen LogP contribution >= 0.6 is 21.4 Å². The van der Waals surface area contributed by atoms with Crippen LogP contribution in [0.15, 0.2) is 56.8 Å². The highest BCUT2D eigenvalue weighted by Gasteiger charge is 2.42. The molecule has 3 heterocycles. The lowest BCUT2D eigenvalue weighted by molar-refractivity contribution is 0.235. The number of thiazole rings is 1. The normalized spacial score (nSPS) is 25.4. The first-order valence-electron chi connectivity index (χ1n) is 9.67. The van der Waals surface area contributed by atoms with Crippen LogP contribution in [-0.2, 0) is 6.42 Å². The van der Waals surface area contributed by atoms with Gasteiger partial charge in [-0.3, -0.25) is 4.99 Å². The Morgan fingerprint density at radius 1 is 1.25 bits per heavy atom. The van der Waals surface area contributed by atoms with Crippen LogP contribution in [-0.4, -0.2) is 58.6 Å². The number of methoxy groups -OCH3 is 1. The van der Waals surface area contributed by atoms with E-state index in [4.69, 9.17) is 4.74 Å². The summed E-state index contributed by atoms with van der Waals surface area (Å²) in [5.41, 5.74) is 1.35. The number of aliphatic imine (C=N–C) groups is 1. The summed E-state index contributed by atoms with van der Waals surface area (Å²) in [4.78, 5) is 11.7. The first kappa shape index (κ1) is 19.6. The van der Waals surface area contributed by atoms with Crippen molar-refractivity contribution in [3.63, 3.8) is 0 Å². The maximum atomic E-state index is 9.94. The van der Waals surface area contributed by atoms with Gasteiger partial charge >= 0.3 is 0 Å². The van der Waals surface area contributed by atoms with E-state index < -0.39 is 10.0 Å². The lowest BCUT2D eigenvalue weighted by Gasteiger charge is -2.44. The molecule has 2 aromatic rings. The highest BCUT2D eigenvalue weighted by Crippen LogP contribution is 2.66. The first-order valence-corrected chi connectivity index (χ1v) is 12.3. The third-order valence-corrected chi connectivity index (χ3v) is 11.1. The lowest BCUT2D eigenvalue weighted by atomic mass is 10.1. The van der Waals surface area contributed by atoms with Crippen molar-refractivity contribution in [1.82, 2.24) is 9.88 Å². The molecule has 7 heteroatoms. The number of ether oxygens (including phenoxy) is 1. The molecule has 1 saturated heterocycles. The Hall–Kier alpha value is -1.67. The number of aliphatic hydroxyl groups is 1. The van der Waals surface area contributed by atoms with E-state index in [1.807, 2.05) is 29.9 Å². The van der Waals surface area contributed by atoms with Crippen molar-refractivity contribution in [3.05, 3.63) is 53.0 Å². The number of likely N-dealkylation sites (tertiary alicyclic amines) is 1. The largest absolute Gasteiger partial charge is 0.497 e. The molecule has 0 aliphatic carbocycles. The van der Waals surface area contributed by atoms with Gasteiger partial charge < -0.3 is 14.7 Å². The average molecular weight is 418 g/mol. The van der Waals surface area contributed by atoms with Crippen molar-refractivity contribution >= 4 is 26.4 Å². The summed E-state index contributed by atoms with van der Waals surface area (Å²) in [6, 6.07) is 8.37. The van der Waals surface area contributed by atoms with E-state index in [-0.39, 0.29) is 6.61 Å². The summed E-state index contributed by atoms with van der Waals surface area (Å²) in [7, 11) is 0.299. The maximum Gasteiger partial charge on any atom is 0.141 e. The van der Waals surface area contributed by atoms with Gasteiger partial charge in [-0.1, -0.05) is 12.1 Å². The smallest absolute Gasteiger partial charge is 0.141 e. The van der Waals surface area contributed by atoms with Gasteiger partial charge in [0.1, 0.15) is 10.1 Å². The third kappa shape index (κ3) is 3.76. The Morgan fingerprint density at radius 2 is 2.04 bits per heavy atom. The quantitative estimate of drug-likeness (QED) is 0.742. The van der Waals surface area contributed by atoms with E-state index in [1.54, 1.807) is 18.4 Å². The van der Waals surface area contributed by atoms with E-state index in [9.17, 15) is 5.11 Å². The second-order valence-electron chi connectivity index (χ2n) is 7.11. The zero-order valence-corrected chi connectivity index (χ0v) is 17.8. The Balaban J connectivity index is 1.39. The molecule has 28 heavy (non-hydrogen) atoms. The van der Waals surface area contributed by atoms with E-state index in [1.165, 1.54) is 5.56 Å². The number of aliphatic hydroxyl groups excluding tert-OH is 1. The number of rotatable bonds is 7. The van der Waals surface area contributed by atoms with Gasteiger partial charge in [-0.05, 0) is 55.5 Å². The van der Waals surface area contributed by atoms with Crippen LogP contribution in [0.2, 0.25) is 0 Å². The van der Waals surface area contributed by atoms with Gasteiger partial charge in [-0.2, -0.15) is 0 Å². The highest BCUT2D eigenvalue weighted by atomic mass is 32.3. The SMILES string of the molecule is COc1ccc(CCN2CCC(S3(c4nccs4)C=CN=C3CO)CC2)cc1. The third-order valence-electron chi connectivity index (χ3n) is 5.65. The number of aromatic nitrogens is 1. The van der Waals surface area contributed by atoms with Crippen molar-refractivity contribution in [2.24, 2.45) is 4.99 Å². The molecule has 1 fully saturated rings. The lowest BCUT2D eigenvalue weighted by Crippen LogP contribution is -2.40. The molecule has 0 bridgehead atoms. The topological polar surface area (TPSA) is 58.0 Å². The summed E-state index contributed by atoms with van der Waals surface area (Å²) < 4.78 is 6.38. The van der Waals surface area contributed by atoms with Crippen molar-refractivity contribution in [2.75, 3.05) is 33.4 Å². The molecule has 1 unspecified atom stereocenters. The molecular weight excluding hydrogens is 390 g/mol. The van der Waals surface area contributed by atoms with Gasteiger partial charge in [0.15, 0.2) is 0 Å². The minimum Gasteiger partial charge on any atom is -0.497 e. The van der Waals surface area contributed by atoms with Gasteiger partial charge in [0, 0.05) is 29.6 Å². The zero-order valence-electron chi connectivity index (χ0n) is 16.2. The summed E-state index contributed by atoms with van der Waals surface area (Å²) in [5, 5.41) is 15.7. The summed E-state index contributed by atoms with van der Waals surface area (Å²) in [6.45, 7) is 3.29. The molecule has 1 aromatic heterocycles. The second kappa shape index (κ2) is 8.78. The van der Waals surface area contributed by atoms with Crippen LogP contribution in [0.3, 0.4) is 0 Å². The maximum absolute atomic E-state index is 9.94. The standard InChI is InChI=1S/C21H27N3O2S2/c1-26-18-4-2-17(3-5-18)6-11-24-12-7-19(8-13-24)28(21-23-9-14-27-21)15-10-22-20(28)16-25/h2-5,9-10,14-15,19,25H,6-8,11-13,16H2,1H3. The summed E-state index contributed by atoms with van der Waals surface area (Å²) in [6.07, 6.45) is 7.07. The summed E-state index contributed by atoms with van der Waals surface area (Å²) in [5.74, 6) is 0.908. The Morgan fingerprint density at radius 3 is 2.68 bits per heavy atom. The Labute approximate surface area is 172 Å². The molecule has 150 valence electrons. The van der Waals surface area contributed by atoms with Gasteiger partial charge in [-0.25, -0.2) is 4.98 Å². The van der Waals surface area contributed by atoms with E-state index >= 15 is 0 Å². The Kier molecular flexibility index (Phi) is 6.16. The van der Waals surface area contributed by atoms with E-state index in [2.05, 4.69) is 32.4 Å². The number of nitrogens with zero attached hydrogens (tertiary/aromatic N) is 3. The Bertz CT molecular complexity index is 828. The molecule has 1 N–H and O–H groups in total. The first-order chi connectivity index (χ1) is 13.8. The predicted molar refractivity (Wildman–Crippen MR) is 118 cm³/mol. The summed E-state index contributed by atoms with van der Waals surface area (Å²) >= 11 is 1.70. The van der Waals surface area contributed by atoms with Crippen molar-refractivity contribution in [1.29, 1.82) is 0 Å². The van der Waals surface area contributed by atoms with Crippen molar-refractivity contribution in [2.45, 2.75) is 28.9 Å². The fraction of sp³-hybridized carbons (Fsp3) is 0.429. The molecular formula is C21H27N3O2S2.